The molecule has 0 aromatic carbocycles. The quantitative estimate of drug-likeness (QED) is 0.553. The molecule has 4 nitrogen and oxygen atoms in total. The summed E-state index contributed by atoms with van der Waals surface area (Å²) in [4.78, 5) is 11.1. The molecule has 1 unspecified atom stereocenters. The topological polar surface area (TPSA) is 44.8 Å². The molecule has 0 aromatic heterocycles. The van der Waals surface area contributed by atoms with Crippen molar-refractivity contribution >= 4 is 17.6 Å². The fourth-order valence-corrected chi connectivity index (χ4v) is 1.90. The minimum Gasteiger partial charge on any atom is -0.469 e. The molecular formula is C10H17ClO4. The molecule has 0 aromatic rings. The molecule has 0 aliphatic carbocycles. The van der Waals surface area contributed by atoms with E-state index in [0.29, 0.717) is 12.3 Å². The Kier molecular flexibility index (Phi) is 4.37. The maximum absolute atomic E-state index is 11.1. The summed E-state index contributed by atoms with van der Waals surface area (Å²) >= 11 is 5.75. The molecule has 0 spiro atoms. The van der Waals surface area contributed by atoms with Gasteiger partial charge in [-0.05, 0) is 13.8 Å². The third-order valence-electron chi connectivity index (χ3n) is 2.22. The average Bonchev–Trinajstić information content (AvgIpc) is 2.15. The second-order valence-electron chi connectivity index (χ2n) is 4.05. The molecular weight excluding hydrogens is 220 g/mol. The molecule has 88 valence electrons. The predicted molar refractivity (Wildman–Crippen MR) is 55.8 cm³/mol. The van der Waals surface area contributed by atoms with E-state index < -0.39 is 5.79 Å². The lowest BCUT2D eigenvalue weighted by Gasteiger charge is -2.39. The molecule has 0 bridgehead atoms. The van der Waals surface area contributed by atoms with E-state index >= 15 is 0 Å². The van der Waals surface area contributed by atoms with Crippen LogP contribution in [0.1, 0.15) is 26.7 Å². The zero-order chi connectivity index (χ0) is 11.5. The van der Waals surface area contributed by atoms with E-state index in [1.165, 1.54) is 7.11 Å². The van der Waals surface area contributed by atoms with E-state index in [-0.39, 0.29) is 24.6 Å². The minimum atomic E-state index is -0.684. The van der Waals surface area contributed by atoms with Gasteiger partial charge in [-0.15, -0.1) is 11.6 Å². The van der Waals surface area contributed by atoms with Gasteiger partial charge in [-0.1, -0.05) is 0 Å². The Balaban J connectivity index is 2.54. The number of hydrogen-bond donors (Lipinski definition) is 0. The highest BCUT2D eigenvalue weighted by atomic mass is 35.5. The fourth-order valence-electron chi connectivity index (χ4n) is 1.71. The average molecular weight is 237 g/mol. The molecule has 0 N–H and O–H groups in total. The molecule has 1 fully saturated rings. The van der Waals surface area contributed by atoms with Crippen molar-refractivity contribution in [3.63, 3.8) is 0 Å². The Morgan fingerprint density at radius 2 is 2.07 bits per heavy atom. The van der Waals surface area contributed by atoms with Crippen LogP contribution in [0.3, 0.4) is 0 Å². The molecule has 2 atom stereocenters. The molecule has 1 saturated heterocycles. The van der Waals surface area contributed by atoms with Gasteiger partial charge in [0.05, 0.1) is 25.7 Å². The minimum absolute atomic E-state index is 0.0647. The molecule has 1 aliphatic rings. The van der Waals surface area contributed by atoms with Crippen LogP contribution in [0.5, 0.6) is 0 Å². The van der Waals surface area contributed by atoms with Gasteiger partial charge >= 0.3 is 5.97 Å². The van der Waals surface area contributed by atoms with Crippen LogP contribution >= 0.6 is 11.6 Å². The first kappa shape index (κ1) is 12.7. The molecule has 1 aliphatic heterocycles. The van der Waals surface area contributed by atoms with Crippen LogP contribution in [0.15, 0.2) is 0 Å². The van der Waals surface area contributed by atoms with Crippen LogP contribution in [0, 0.1) is 0 Å². The van der Waals surface area contributed by atoms with Crippen molar-refractivity contribution in [3.05, 3.63) is 0 Å². The van der Waals surface area contributed by atoms with Crippen molar-refractivity contribution in [2.45, 2.75) is 44.7 Å². The summed E-state index contributed by atoms with van der Waals surface area (Å²) in [6, 6.07) is 0. The van der Waals surface area contributed by atoms with Gasteiger partial charge in [0.2, 0.25) is 0 Å². The number of halogens is 1. The monoisotopic (exact) mass is 236 g/mol. The van der Waals surface area contributed by atoms with Gasteiger partial charge in [-0.3, -0.25) is 4.79 Å². The lowest BCUT2D eigenvalue weighted by molar-refractivity contribution is -0.295. The number of rotatable bonds is 3. The van der Waals surface area contributed by atoms with E-state index in [1.54, 1.807) is 0 Å². The first-order valence-corrected chi connectivity index (χ1v) is 5.48. The Bertz CT molecular complexity index is 229. The molecule has 0 amide bonds. The molecule has 0 saturated carbocycles. The van der Waals surface area contributed by atoms with Crippen LogP contribution < -0.4 is 0 Å². The molecule has 0 radical (unpaired) electrons. The maximum Gasteiger partial charge on any atom is 0.308 e. The van der Waals surface area contributed by atoms with Crippen molar-refractivity contribution in [1.82, 2.24) is 0 Å². The summed E-state index contributed by atoms with van der Waals surface area (Å²) in [5, 5.41) is 0. The highest BCUT2D eigenvalue weighted by molar-refractivity contribution is 6.18. The van der Waals surface area contributed by atoms with Gasteiger partial charge in [-0.25, -0.2) is 0 Å². The van der Waals surface area contributed by atoms with Gasteiger partial charge in [0.15, 0.2) is 5.79 Å². The van der Waals surface area contributed by atoms with Crippen LogP contribution in [-0.4, -0.2) is 37.0 Å². The van der Waals surface area contributed by atoms with Crippen molar-refractivity contribution in [3.8, 4) is 0 Å². The normalized spacial score (nSPS) is 29.9. The zero-order valence-corrected chi connectivity index (χ0v) is 10.0. The molecule has 1 heterocycles. The van der Waals surface area contributed by atoms with Crippen molar-refractivity contribution in [2.75, 3.05) is 13.0 Å². The van der Waals surface area contributed by atoms with Crippen molar-refractivity contribution in [2.24, 2.45) is 0 Å². The summed E-state index contributed by atoms with van der Waals surface area (Å²) in [6.07, 6.45) is 0.633. The molecule has 5 heteroatoms. The van der Waals surface area contributed by atoms with Gasteiger partial charge in [0.25, 0.3) is 0 Å². The highest BCUT2D eigenvalue weighted by Crippen LogP contribution is 2.28. The Labute approximate surface area is 94.8 Å². The van der Waals surface area contributed by atoms with Crippen molar-refractivity contribution < 1.29 is 19.0 Å². The summed E-state index contributed by atoms with van der Waals surface area (Å²) in [7, 11) is 1.37. The molecule has 1 rings (SSSR count). The second kappa shape index (κ2) is 5.14. The number of esters is 1. The number of ether oxygens (including phenoxy) is 3. The first-order valence-electron chi connectivity index (χ1n) is 4.95. The summed E-state index contributed by atoms with van der Waals surface area (Å²) in [5.41, 5.74) is 0. The second-order valence-corrected chi connectivity index (χ2v) is 4.36. The van der Waals surface area contributed by atoms with E-state index in [2.05, 4.69) is 4.74 Å². The third-order valence-corrected chi connectivity index (χ3v) is 2.57. The van der Waals surface area contributed by atoms with E-state index in [9.17, 15) is 4.79 Å². The van der Waals surface area contributed by atoms with Crippen molar-refractivity contribution in [1.29, 1.82) is 0 Å². The van der Waals surface area contributed by atoms with Gasteiger partial charge in [0, 0.05) is 12.3 Å². The lowest BCUT2D eigenvalue weighted by Crippen LogP contribution is -2.46. The van der Waals surface area contributed by atoms with E-state index in [4.69, 9.17) is 21.1 Å². The Morgan fingerprint density at radius 3 is 2.60 bits per heavy atom. The van der Waals surface area contributed by atoms with Gasteiger partial charge < -0.3 is 14.2 Å². The number of carbonyl (C=O) groups excluding carboxylic acids is 1. The molecule has 15 heavy (non-hydrogen) atoms. The van der Waals surface area contributed by atoms with Crippen LogP contribution in [-0.2, 0) is 19.0 Å². The predicted octanol–water partition coefficient (Wildman–Crippen LogP) is 1.70. The summed E-state index contributed by atoms with van der Waals surface area (Å²) < 4.78 is 15.8. The Hall–Kier alpha value is -0.320. The number of carbonyl (C=O) groups is 1. The summed E-state index contributed by atoms with van der Waals surface area (Å²) in [6.45, 7) is 3.63. The van der Waals surface area contributed by atoms with Gasteiger partial charge in [0.1, 0.15) is 0 Å². The maximum atomic E-state index is 11.1. The Morgan fingerprint density at radius 1 is 1.47 bits per heavy atom. The number of alkyl halides is 1. The largest absolute Gasteiger partial charge is 0.469 e. The lowest BCUT2D eigenvalue weighted by atomic mass is 10.1. The van der Waals surface area contributed by atoms with Crippen LogP contribution in [0.2, 0.25) is 0 Å². The van der Waals surface area contributed by atoms with Gasteiger partial charge in [-0.2, -0.15) is 0 Å². The zero-order valence-electron chi connectivity index (χ0n) is 9.29. The van der Waals surface area contributed by atoms with Crippen LogP contribution in [0.25, 0.3) is 0 Å². The van der Waals surface area contributed by atoms with E-state index in [1.807, 2.05) is 13.8 Å². The summed E-state index contributed by atoms with van der Waals surface area (Å²) in [5.74, 6) is -0.549. The number of methoxy groups -OCH3 is 1. The number of hydrogen-bond acceptors (Lipinski definition) is 4. The highest BCUT2D eigenvalue weighted by Gasteiger charge is 2.36. The standard InChI is InChI=1S/C10H17ClO4/c1-10(2)14-7(5-9(12)13-3)4-8(6-11)15-10/h7-8H,4-6H2,1-3H3/t7?,8-/m0/s1. The first-order chi connectivity index (χ1) is 6.96. The van der Waals surface area contributed by atoms with Crippen LogP contribution in [0.4, 0.5) is 0 Å². The van der Waals surface area contributed by atoms with E-state index in [0.717, 1.165) is 0 Å². The SMILES string of the molecule is COC(=O)CC1C[C@@H](CCl)OC(C)(C)O1. The third kappa shape index (κ3) is 3.97. The smallest absolute Gasteiger partial charge is 0.308 e. The fraction of sp³-hybridized carbons (Fsp3) is 0.900.